The third-order valence-electron chi connectivity index (χ3n) is 1.47. The third kappa shape index (κ3) is 1.92. The smallest absolute Gasteiger partial charge is 0.222 e. The summed E-state index contributed by atoms with van der Waals surface area (Å²) in [6.45, 7) is 0. The van der Waals surface area contributed by atoms with Gasteiger partial charge in [-0.05, 0) is 5.56 Å². The number of hydrogen-bond acceptors (Lipinski definition) is 2. The molecule has 1 atom stereocenters. The van der Waals surface area contributed by atoms with Crippen molar-refractivity contribution in [3.8, 4) is 0 Å². The van der Waals surface area contributed by atoms with Gasteiger partial charge in [0.15, 0.2) is 0 Å². The number of alkyl halides is 1. The van der Waals surface area contributed by atoms with E-state index in [1.54, 1.807) is 30.6 Å². The number of carbonyl (C=O) groups excluding carboxylic acids is 2. The van der Waals surface area contributed by atoms with Crippen LogP contribution in [0.4, 0.5) is 0 Å². The second-order valence-corrected chi connectivity index (χ2v) is 2.70. The molecule has 0 aliphatic carbocycles. The highest BCUT2D eigenvalue weighted by Gasteiger charge is 2.05. The number of rotatable bonds is 3. The molecular formula is C9H6ClO2. The van der Waals surface area contributed by atoms with Crippen molar-refractivity contribution >= 4 is 24.2 Å². The van der Waals surface area contributed by atoms with E-state index in [9.17, 15) is 9.59 Å². The van der Waals surface area contributed by atoms with E-state index in [1.165, 1.54) is 0 Å². The van der Waals surface area contributed by atoms with E-state index in [0.717, 1.165) is 6.29 Å². The molecule has 1 aromatic rings. The van der Waals surface area contributed by atoms with Crippen LogP contribution in [0.2, 0.25) is 0 Å². The normalized spacial score (nSPS) is 12.1. The Bertz CT molecular complexity index is 279. The largest absolute Gasteiger partial charge is 0.298 e. The van der Waals surface area contributed by atoms with Crippen molar-refractivity contribution in [2.75, 3.05) is 0 Å². The van der Waals surface area contributed by atoms with Gasteiger partial charge in [-0.25, -0.2) is 0 Å². The summed E-state index contributed by atoms with van der Waals surface area (Å²) in [6.07, 6.45) is 2.38. The Hall–Kier alpha value is -1.15. The Morgan fingerprint density at radius 3 is 2.33 bits per heavy atom. The van der Waals surface area contributed by atoms with Crippen molar-refractivity contribution in [3.63, 3.8) is 0 Å². The maximum atomic E-state index is 10.2. The van der Waals surface area contributed by atoms with E-state index >= 15 is 0 Å². The molecule has 0 saturated carbocycles. The molecule has 0 bridgehead atoms. The summed E-state index contributed by atoms with van der Waals surface area (Å²) in [5, 5.41) is -0.745. The van der Waals surface area contributed by atoms with Crippen molar-refractivity contribution < 1.29 is 9.59 Å². The van der Waals surface area contributed by atoms with E-state index < -0.39 is 5.38 Å². The zero-order chi connectivity index (χ0) is 8.97. The Kier molecular flexibility index (Phi) is 3.00. The van der Waals surface area contributed by atoms with Gasteiger partial charge in [0, 0.05) is 5.56 Å². The number of hydrogen-bond donors (Lipinski definition) is 0. The summed E-state index contributed by atoms with van der Waals surface area (Å²) < 4.78 is 0. The van der Waals surface area contributed by atoms with Gasteiger partial charge in [0.2, 0.25) is 6.29 Å². The molecule has 61 valence electrons. The zero-order valence-electron chi connectivity index (χ0n) is 6.16. The van der Waals surface area contributed by atoms with Crippen LogP contribution in [0.25, 0.3) is 0 Å². The van der Waals surface area contributed by atoms with E-state index in [2.05, 4.69) is 0 Å². The fourth-order valence-electron chi connectivity index (χ4n) is 0.812. The van der Waals surface area contributed by atoms with Crippen LogP contribution in [0.5, 0.6) is 0 Å². The molecule has 3 heteroatoms. The van der Waals surface area contributed by atoms with E-state index in [0.29, 0.717) is 11.1 Å². The molecule has 12 heavy (non-hydrogen) atoms. The molecule has 0 aliphatic heterocycles. The van der Waals surface area contributed by atoms with Crippen LogP contribution in [0, 0.1) is 0 Å². The lowest BCUT2D eigenvalue weighted by Gasteiger charge is -1.99. The minimum Gasteiger partial charge on any atom is -0.298 e. The molecule has 0 fully saturated rings. The topological polar surface area (TPSA) is 34.1 Å². The van der Waals surface area contributed by atoms with Crippen LogP contribution < -0.4 is 0 Å². The Morgan fingerprint density at radius 1 is 1.33 bits per heavy atom. The van der Waals surface area contributed by atoms with Gasteiger partial charge in [-0.3, -0.25) is 9.59 Å². The summed E-state index contributed by atoms with van der Waals surface area (Å²) in [5.74, 6) is 0. The Balaban J connectivity index is 2.91. The Labute approximate surface area is 75.2 Å². The van der Waals surface area contributed by atoms with Gasteiger partial charge < -0.3 is 0 Å². The standard InChI is InChI=1S/C9H6ClO2/c10-9(6-12)8-3-1-7(5-11)2-4-8/h1-5,9H. The highest BCUT2D eigenvalue weighted by atomic mass is 35.5. The van der Waals surface area contributed by atoms with Gasteiger partial charge in [-0.15, -0.1) is 11.6 Å². The molecular weight excluding hydrogens is 176 g/mol. The van der Waals surface area contributed by atoms with Crippen molar-refractivity contribution in [2.24, 2.45) is 0 Å². The summed E-state index contributed by atoms with van der Waals surface area (Å²) >= 11 is 5.57. The molecule has 0 N–H and O–H groups in total. The lowest BCUT2D eigenvalue weighted by atomic mass is 10.1. The number of carbonyl (C=O) groups is 1. The molecule has 0 amide bonds. The van der Waals surface area contributed by atoms with E-state index in [-0.39, 0.29) is 0 Å². The minimum absolute atomic E-state index is 0.563. The molecule has 1 radical (unpaired) electrons. The summed E-state index contributed by atoms with van der Waals surface area (Å²) in [7, 11) is 0. The first-order valence-corrected chi connectivity index (χ1v) is 3.78. The monoisotopic (exact) mass is 181 g/mol. The van der Waals surface area contributed by atoms with Crippen LogP contribution in [0.3, 0.4) is 0 Å². The first-order valence-electron chi connectivity index (χ1n) is 3.35. The summed E-state index contributed by atoms with van der Waals surface area (Å²) in [5.41, 5.74) is 1.21. The molecule has 2 nitrogen and oxygen atoms in total. The SMILES string of the molecule is O=[C]C(Cl)c1ccc(C=O)cc1. The first kappa shape index (κ1) is 8.94. The number of benzene rings is 1. The van der Waals surface area contributed by atoms with Crippen molar-refractivity contribution in [1.82, 2.24) is 0 Å². The second kappa shape index (κ2) is 4.02. The highest BCUT2D eigenvalue weighted by molar-refractivity contribution is 6.27. The third-order valence-corrected chi connectivity index (χ3v) is 1.81. The molecule has 1 unspecified atom stereocenters. The van der Waals surface area contributed by atoms with Crippen LogP contribution >= 0.6 is 11.6 Å². The van der Waals surface area contributed by atoms with Gasteiger partial charge in [0.25, 0.3) is 0 Å². The van der Waals surface area contributed by atoms with Crippen molar-refractivity contribution in [1.29, 1.82) is 0 Å². The second-order valence-electron chi connectivity index (χ2n) is 2.26. The fourth-order valence-corrected chi connectivity index (χ4v) is 0.957. The summed E-state index contributed by atoms with van der Waals surface area (Å²) in [6, 6.07) is 6.47. The molecule has 0 spiro atoms. The predicted molar refractivity (Wildman–Crippen MR) is 46.1 cm³/mol. The maximum absolute atomic E-state index is 10.2. The fraction of sp³-hybridized carbons (Fsp3) is 0.111. The predicted octanol–water partition coefficient (Wildman–Crippen LogP) is 1.89. The molecule has 0 aromatic heterocycles. The zero-order valence-corrected chi connectivity index (χ0v) is 6.91. The first-order chi connectivity index (χ1) is 5.77. The summed E-state index contributed by atoms with van der Waals surface area (Å²) in [4.78, 5) is 20.4. The van der Waals surface area contributed by atoms with E-state index in [1.807, 2.05) is 0 Å². The van der Waals surface area contributed by atoms with E-state index in [4.69, 9.17) is 11.6 Å². The lowest BCUT2D eigenvalue weighted by Crippen LogP contribution is -1.91. The van der Waals surface area contributed by atoms with Crippen LogP contribution in [0.15, 0.2) is 24.3 Å². The van der Waals surface area contributed by atoms with Gasteiger partial charge in [-0.1, -0.05) is 24.3 Å². The van der Waals surface area contributed by atoms with Gasteiger partial charge in [0.1, 0.15) is 11.7 Å². The molecule has 0 heterocycles. The van der Waals surface area contributed by atoms with Crippen LogP contribution in [-0.2, 0) is 4.79 Å². The number of aldehydes is 1. The Morgan fingerprint density at radius 2 is 1.92 bits per heavy atom. The maximum Gasteiger partial charge on any atom is 0.222 e. The molecule has 1 aromatic carbocycles. The highest BCUT2D eigenvalue weighted by Crippen LogP contribution is 2.17. The van der Waals surface area contributed by atoms with Crippen LogP contribution in [0.1, 0.15) is 21.3 Å². The number of halogens is 1. The average Bonchev–Trinajstić information content (AvgIpc) is 2.17. The average molecular weight is 182 g/mol. The van der Waals surface area contributed by atoms with Crippen LogP contribution in [-0.4, -0.2) is 12.6 Å². The van der Waals surface area contributed by atoms with Gasteiger partial charge in [0.05, 0.1) is 0 Å². The molecule has 1 rings (SSSR count). The van der Waals surface area contributed by atoms with Gasteiger partial charge >= 0.3 is 0 Å². The minimum atomic E-state index is -0.745. The molecule has 0 saturated heterocycles. The van der Waals surface area contributed by atoms with Gasteiger partial charge in [-0.2, -0.15) is 0 Å². The molecule has 0 aliphatic rings. The van der Waals surface area contributed by atoms with Crippen molar-refractivity contribution in [2.45, 2.75) is 5.38 Å². The lowest BCUT2D eigenvalue weighted by molar-refractivity contribution is 0.112. The van der Waals surface area contributed by atoms with Crippen molar-refractivity contribution in [3.05, 3.63) is 35.4 Å². The quantitative estimate of drug-likeness (QED) is 0.527.